The number of fused-ring (bicyclic) bond motifs is 1. The molecule has 0 saturated heterocycles. The largest absolute Gasteiger partial charge is 0.290 e. The molecule has 2 aromatic carbocycles. The molecule has 0 radical (unpaired) electrons. The SMILES string of the molecule is CCCn1nc(C(=O)NNC(=O)c2ccn(-c3ccc([N+](=O)[O-])cc3)n2)c2ccccc2c1=O. The predicted octanol–water partition coefficient (Wildman–Crippen LogP) is 1.98. The van der Waals surface area contributed by atoms with E-state index in [9.17, 15) is 24.5 Å². The van der Waals surface area contributed by atoms with Crippen LogP contribution in [0.15, 0.2) is 65.6 Å². The molecule has 12 nitrogen and oxygen atoms in total. The molecule has 0 spiro atoms. The van der Waals surface area contributed by atoms with Gasteiger partial charge in [0.15, 0.2) is 11.4 Å². The molecule has 0 saturated carbocycles. The highest BCUT2D eigenvalue weighted by Crippen LogP contribution is 2.15. The molecule has 0 aliphatic rings. The number of aromatic nitrogens is 4. The summed E-state index contributed by atoms with van der Waals surface area (Å²) < 4.78 is 2.60. The van der Waals surface area contributed by atoms with Gasteiger partial charge in [0.05, 0.1) is 16.0 Å². The molecule has 0 atom stereocenters. The van der Waals surface area contributed by atoms with Crippen LogP contribution in [0.3, 0.4) is 0 Å². The summed E-state index contributed by atoms with van der Waals surface area (Å²) in [5.41, 5.74) is 4.75. The number of nitrogens with one attached hydrogen (secondary N) is 2. The van der Waals surface area contributed by atoms with E-state index in [0.717, 1.165) is 0 Å². The number of aryl methyl sites for hydroxylation is 1. The van der Waals surface area contributed by atoms with Gasteiger partial charge in [-0.1, -0.05) is 25.1 Å². The number of amides is 2. The van der Waals surface area contributed by atoms with E-state index >= 15 is 0 Å². The van der Waals surface area contributed by atoms with Crippen molar-refractivity contribution in [2.45, 2.75) is 19.9 Å². The number of carbonyl (C=O) groups is 2. The van der Waals surface area contributed by atoms with Crippen molar-refractivity contribution < 1.29 is 14.5 Å². The molecular formula is C22H19N7O5. The first-order chi connectivity index (χ1) is 16.4. The Kier molecular flexibility index (Phi) is 6.12. The Morgan fingerprint density at radius 1 is 0.971 bits per heavy atom. The van der Waals surface area contributed by atoms with Crippen molar-refractivity contribution in [2.75, 3.05) is 0 Å². The summed E-state index contributed by atoms with van der Waals surface area (Å²) >= 11 is 0. The molecule has 2 amide bonds. The van der Waals surface area contributed by atoms with Gasteiger partial charge < -0.3 is 0 Å². The molecular weight excluding hydrogens is 442 g/mol. The highest BCUT2D eigenvalue weighted by molar-refractivity contribution is 6.05. The predicted molar refractivity (Wildman–Crippen MR) is 121 cm³/mol. The Bertz CT molecular complexity index is 1460. The van der Waals surface area contributed by atoms with E-state index in [-0.39, 0.29) is 22.6 Å². The molecule has 34 heavy (non-hydrogen) atoms. The van der Waals surface area contributed by atoms with E-state index < -0.39 is 16.7 Å². The van der Waals surface area contributed by atoms with Gasteiger partial charge in [-0.15, -0.1) is 0 Å². The fourth-order valence-corrected chi connectivity index (χ4v) is 3.32. The van der Waals surface area contributed by atoms with Crippen LogP contribution < -0.4 is 16.4 Å². The zero-order valence-corrected chi connectivity index (χ0v) is 18.0. The van der Waals surface area contributed by atoms with Gasteiger partial charge in [-0.25, -0.2) is 9.36 Å². The van der Waals surface area contributed by atoms with E-state index in [1.807, 2.05) is 6.92 Å². The maximum absolute atomic E-state index is 12.8. The molecule has 0 fully saturated rings. The van der Waals surface area contributed by atoms with E-state index in [2.05, 4.69) is 21.0 Å². The lowest BCUT2D eigenvalue weighted by molar-refractivity contribution is -0.384. The third-order valence-electron chi connectivity index (χ3n) is 4.95. The van der Waals surface area contributed by atoms with Crippen LogP contribution in [0.1, 0.15) is 34.3 Å². The lowest BCUT2D eigenvalue weighted by Gasteiger charge is -2.11. The number of nitro benzene ring substituents is 1. The second kappa shape index (κ2) is 9.32. The van der Waals surface area contributed by atoms with Gasteiger partial charge in [-0.3, -0.25) is 35.3 Å². The summed E-state index contributed by atoms with van der Waals surface area (Å²) in [6.07, 6.45) is 2.16. The van der Waals surface area contributed by atoms with Crippen LogP contribution in [0, 0.1) is 10.1 Å². The minimum Gasteiger partial charge on any atom is -0.267 e. The zero-order valence-electron chi connectivity index (χ0n) is 18.0. The number of rotatable bonds is 6. The van der Waals surface area contributed by atoms with Crippen LogP contribution in [0.2, 0.25) is 0 Å². The Morgan fingerprint density at radius 3 is 2.32 bits per heavy atom. The molecule has 0 aliphatic carbocycles. The number of hydrogen-bond acceptors (Lipinski definition) is 7. The second-order valence-electron chi connectivity index (χ2n) is 7.25. The Hall–Kier alpha value is -4.87. The van der Waals surface area contributed by atoms with Crippen molar-refractivity contribution in [3.63, 3.8) is 0 Å². The van der Waals surface area contributed by atoms with Gasteiger partial charge in [0.25, 0.3) is 23.1 Å². The summed E-state index contributed by atoms with van der Waals surface area (Å²) in [6, 6.07) is 13.7. The van der Waals surface area contributed by atoms with Gasteiger partial charge in [0.1, 0.15) is 0 Å². The summed E-state index contributed by atoms with van der Waals surface area (Å²) in [6.45, 7) is 2.23. The highest BCUT2D eigenvalue weighted by atomic mass is 16.6. The number of non-ortho nitro benzene ring substituents is 1. The molecule has 2 N–H and O–H groups in total. The topological polar surface area (TPSA) is 154 Å². The van der Waals surface area contributed by atoms with Crippen LogP contribution in [-0.2, 0) is 6.54 Å². The zero-order chi connectivity index (χ0) is 24.2. The first-order valence-electron chi connectivity index (χ1n) is 10.3. The lowest BCUT2D eigenvalue weighted by Crippen LogP contribution is -2.43. The molecule has 0 unspecified atom stereocenters. The third-order valence-corrected chi connectivity index (χ3v) is 4.95. The number of carbonyl (C=O) groups excluding carboxylic acids is 2. The number of hydrazine groups is 1. The standard InChI is InChI=1S/C22H19N7O5/c1-2-12-28-22(32)17-6-4-3-5-16(17)19(26-28)21(31)24-23-20(30)18-11-13-27(25-18)14-7-9-15(10-8-14)29(33)34/h3-11,13H,2,12H2,1H3,(H,23,30)(H,24,31). The first kappa shape index (κ1) is 22.3. The summed E-state index contributed by atoms with van der Waals surface area (Å²) in [4.78, 5) is 48.1. The molecule has 12 heteroatoms. The number of benzene rings is 2. The normalized spacial score (nSPS) is 10.7. The fourth-order valence-electron chi connectivity index (χ4n) is 3.32. The average molecular weight is 461 g/mol. The minimum absolute atomic E-state index is 0.000333. The van der Waals surface area contributed by atoms with Crippen molar-refractivity contribution in [1.29, 1.82) is 0 Å². The average Bonchev–Trinajstić information content (AvgIpc) is 3.35. The molecule has 4 aromatic rings. The van der Waals surface area contributed by atoms with Gasteiger partial charge >= 0.3 is 0 Å². The van der Waals surface area contributed by atoms with Crippen LogP contribution in [0.4, 0.5) is 5.69 Å². The van der Waals surface area contributed by atoms with Gasteiger partial charge in [0.2, 0.25) is 0 Å². The van der Waals surface area contributed by atoms with Crippen molar-refractivity contribution in [3.8, 4) is 5.69 Å². The van der Waals surface area contributed by atoms with Crippen LogP contribution in [-0.4, -0.2) is 36.3 Å². The Balaban J connectivity index is 1.50. The Morgan fingerprint density at radius 2 is 1.65 bits per heavy atom. The van der Waals surface area contributed by atoms with E-state index in [0.29, 0.717) is 29.4 Å². The van der Waals surface area contributed by atoms with E-state index in [1.54, 1.807) is 24.3 Å². The maximum Gasteiger partial charge on any atom is 0.290 e. The summed E-state index contributed by atoms with van der Waals surface area (Å²) in [5, 5.41) is 19.8. The molecule has 2 heterocycles. The second-order valence-corrected chi connectivity index (χ2v) is 7.25. The van der Waals surface area contributed by atoms with Gasteiger partial charge in [0, 0.05) is 30.3 Å². The van der Waals surface area contributed by atoms with Crippen molar-refractivity contribution in [1.82, 2.24) is 30.4 Å². The monoisotopic (exact) mass is 461 g/mol. The van der Waals surface area contributed by atoms with Crippen LogP contribution >= 0.6 is 0 Å². The molecule has 4 rings (SSSR count). The fraction of sp³-hybridized carbons (Fsp3) is 0.136. The number of hydrogen-bond donors (Lipinski definition) is 2. The molecule has 0 aliphatic heterocycles. The highest BCUT2D eigenvalue weighted by Gasteiger charge is 2.18. The van der Waals surface area contributed by atoms with E-state index in [4.69, 9.17) is 0 Å². The number of nitro groups is 1. The van der Waals surface area contributed by atoms with Gasteiger partial charge in [-0.05, 0) is 30.7 Å². The smallest absolute Gasteiger partial charge is 0.267 e. The van der Waals surface area contributed by atoms with E-state index in [1.165, 1.54) is 45.9 Å². The molecule has 2 aromatic heterocycles. The maximum atomic E-state index is 12.8. The van der Waals surface area contributed by atoms with Crippen molar-refractivity contribution in [2.24, 2.45) is 0 Å². The third kappa shape index (κ3) is 4.37. The Labute approximate surface area is 191 Å². The van der Waals surface area contributed by atoms with Crippen molar-refractivity contribution >= 4 is 28.3 Å². The summed E-state index contributed by atoms with van der Waals surface area (Å²) in [5.74, 6) is -1.37. The molecule has 0 bridgehead atoms. The van der Waals surface area contributed by atoms with Crippen LogP contribution in [0.25, 0.3) is 16.5 Å². The first-order valence-corrected chi connectivity index (χ1v) is 10.3. The quantitative estimate of drug-likeness (QED) is 0.329. The summed E-state index contributed by atoms with van der Waals surface area (Å²) in [7, 11) is 0. The van der Waals surface area contributed by atoms with Crippen LogP contribution in [0.5, 0.6) is 0 Å². The molecule has 172 valence electrons. The minimum atomic E-state index is -0.691. The van der Waals surface area contributed by atoms with Gasteiger partial charge in [-0.2, -0.15) is 10.2 Å². The lowest BCUT2D eigenvalue weighted by atomic mass is 10.1. The number of nitrogens with zero attached hydrogens (tertiary/aromatic N) is 5. The van der Waals surface area contributed by atoms with Crippen molar-refractivity contribution in [3.05, 3.63) is 92.7 Å².